The van der Waals surface area contributed by atoms with Crippen LogP contribution in [0.2, 0.25) is 0 Å². The maximum atomic E-state index is 5.61. The Morgan fingerprint density at radius 1 is 1.24 bits per heavy atom. The van der Waals surface area contributed by atoms with Crippen molar-refractivity contribution in [1.29, 1.82) is 0 Å². The Hall–Kier alpha value is -0.120. The number of guanidine groups is 1. The lowest BCUT2D eigenvalue weighted by molar-refractivity contribution is -0.00683. The van der Waals surface area contributed by atoms with Crippen molar-refractivity contribution < 1.29 is 9.47 Å². The average Bonchev–Trinajstić information content (AvgIpc) is 2.56. The molecule has 6 nitrogen and oxygen atoms in total. The summed E-state index contributed by atoms with van der Waals surface area (Å²) in [5.74, 6) is 1.49. The third-order valence-electron chi connectivity index (χ3n) is 4.04. The van der Waals surface area contributed by atoms with Gasteiger partial charge in [-0.1, -0.05) is 13.8 Å². The zero-order chi connectivity index (χ0) is 17.8. The quantitative estimate of drug-likeness (QED) is 0.222. The monoisotopic (exact) mass is 470 g/mol. The van der Waals surface area contributed by atoms with Crippen molar-refractivity contribution in [2.24, 2.45) is 10.9 Å². The molecular weight excluding hydrogens is 431 g/mol. The predicted octanol–water partition coefficient (Wildman–Crippen LogP) is 2.33. The molecule has 1 rings (SSSR count). The number of morpholine rings is 1. The highest BCUT2D eigenvalue weighted by Crippen LogP contribution is 2.16. The maximum Gasteiger partial charge on any atom is 0.191 e. The smallest absolute Gasteiger partial charge is 0.191 e. The number of nitrogens with zero attached hydrogens (tertiary/aromatic N) is 2. The molecule has 0 aromatic heterocycles. The van der Waals surface area contributed by atoms with Crippen LogP contribution in [0.4, 0.5) is 0 Å². The van der Waals surface area contributed by atoms with Crippen LogP contribution in [-0.2, 0) is 9.47 Å². The summed E-state index contributed by atoms with van der Waals surface area (Å²) in [6.07, 6.45) is 0.990. The molecule has 1 aliphatic rings. The van der Waals surface area contributed by atoms with E-state index in [-0.39, 0.29) is 29.5 Å². The van der Waals surface area contributed by atoms with Crippen molar-refractivity contribution in [1.82, 2.24) is 15.5 Å². The summed E-state index contributed by atoms with van der Waals surface area (Å²) in [4.78, 5) is 7.24. The minimum atomic E-state index is 0. The topological polar surface area (TPSA) is 58.1 Å². The number of aliphatic imine (C=N–C) groups is 1. The second-order valence-electron chi connectivity index (χ2n) is 7.36. The first-order valence-electron chi connectivity index (χ1n) is 9.38. The minimum Gasteiger partial charge on any atom is -0.381 e. The van der Waals surface area contributed by atoms with E-state index in [1.807, 2.05) is 0 Å². The fourth-order valence-corrected chi connectivity index (χ4v) is 2.58. The molecule has 1 saturated heterocycles. The second-order valence-corrected chi connectivity index (χ2v) is 7.36. The molecule has 0 aliphatic carbocycles. The van der Waals surface area contributed by atoms with Crippen molar-refractivity contribution >= 4 is 29.9 Å². The molecular formula is C18H39IN4O2. The molecule has 0 spiro atoms. The highest BCUT2D eigenvalue weighted by atomic mass is 127. The second kappa shape index (κ2) is 14.0. The number of nitrogens with one attached hydrogen (secondary N) is 2. The maximum absolute atomic E-state index is 5.61. The Balaban J connectivity index is 0.00000576. The number of hydrogen-bond acceptors (Lipinski definition) is 4. The van der Waals surface area contributed by atoms with Crippen molar-refractivity contribution in [2.75, 3.05) is 59.2 Å². The first kappa shape index (κ1) is 24.9. The lowest BCUT2D eigenvalue weighted by Gasteiger charge is -2.39. The summed E-state index contributed by atoms with van der Waals surface area (Å²) in [6, 6.07) is 0. The molecule has 0 aromatic carbocycles. The molecule has 0 atom stereocenters. The molecule has 2 N–H and O–H groups in total. The molecule has 0 aromatic rings. The molecule has 0 amide bonds. The molecule has 0 bridgehead atoms. The zero-order valence-electron chi connectivity index (χ0n) is 16.8. The molecule has 25 heavy (non-hydrogen) atoms. The first-order valence-corrected chi connectivity index (χ1v) is 9.38. The van der Waals surface area contributed by atoms with Gasteiger partial charge < -0.3 is 20.1 Å². The van der Waals surface area contributed by atoms with E-state index in [0.717, 1.165) is 71.5 Å². The van der Waals surface area contributed by atoms with Gasteiger partial charge in [-0.2, -0.15) is 0 Å². The van der Waals surface area contributed by atoms with Crippen LogP contribution in [0.1, 0.15) is 41.0 Å². The number of hydrogen-bond donors (Lipinski definition) is 2. The van der Waals surface area contributed by atoms with Gasteiger partial charge in [-0.15, -0.1) is 24.0 Å². The first-order chi connectivity index (χ1) is 11.5. The number of rotatable bonds is 10. The number of halogens is 1. The summed E-state index contributed by atoms with van der Waals surface area (Å²) < 4.78 is 11.1. The van der Waals surface area contributed by atoms with Gasteiger partial charge in [-0.25, -0.2) is 0 Å². The average molecular weight is 470 g/mol. The van der Waals surface area contributed by atoms with Crippen LogP contribution >= 0.6 is 24.0 Å². The summed E-state index contributed by atoms with van der Waals surface area (Å²) in [5, 5.41) is 6.72. The molecule has 1 fully saturated rings. The van der Waals surface area contributed by atoms with Gasteiger partial charge >= 0.3 is 0 Å². The third kappa shape index (κ3) is 11.2. The van der Waals surface area contributed by atoms with E-state index in [9.17, 15) is 0 Å². The van der Waals surface area contributed by atoms with Crippen molar-refractivity contribution in [3.63, 3.8) is 0 Å². The van der Waals surface area contributed by atoms with Gasteiger partial charge in [-0.05, 0) is 33.1 Å². The Bertz CT molecular complexity index is 359. The fourth-order valence-electron chi connectivity index (χ4n) is 2.58. The molecule has 1 heterocycles. The van der Waals surface area contributed by atoms with Gasteiger partial charge in [-0.3, -0.25) is 9.89 Å². The van der Waals surface area contributed by atoms with E-state index in [1.54, 1.807) is 0 Å². The molecule has 0 saturated carbocycles. The van der Waals surface area contributed by atoms with E-state index in [2.05, 4.69) is 50.2 Å². The molecule has 150 valence electrons. The van der Waals surface area contributed by atoms with Gasteiger partial charge in [0.15, 0.2) is 5.96 Å². The molecule has 7 heteroatoms. The van der Waals surface area contributed by atoms with Gasteiger partial charge in [0.25, 0.3) is 0 Å². The third-order valence-corrected chi connectivity index (χ3v) is 4.04. The fraction of sp³-hybridized carbons (Fsp3) is 0.944. The lowest BCUT2D eigenvalue weighted by atomic mass is 10.0. The molecule has 0 unspecified atom stereocenters. The van der Waals surface area contributed by atoms with Gasteiger partial charge in [0.1, 0.15) is 0 Å². The Morgan fingerprint density at radius 2 is 1.92 bits per heavy atom. The summed E-state index contributed by atoms with van der Waals surface area (Å²) in [7, 11) is 0. The van der Waals surface area contributed by atoms with Crippen LogP contribution < -0.4 is 10.6 Å². The minimum absolute atomic E-state index is 0. The Kier molecular flexibility index (Phi) is 13.9. The highest BCUT2D eigenvalue weighted by molar-refractivity contribution is 14.0. The summed E-state index contributed by atoms with van der Waals surface area (Å²) >= 11 is 0. The van der Waals surface area contributed by atoms with E-state index >= 15 is 0 Å². The van der Waals surface area contributed by atoms with Crippen molar-refractivity contribution in [3.8, 4) is 0 Å². The van der Waals surface area contributed by atoms with Gasteiger partial charge in [0, 0.05) is 44.9 Å². The standard InChI is InChI=1S/C18H38N4O2.HI/c1-6-19-17(20-8-7-11-24-14-16(2)3)21-15-18(4,5)22-9-12-23-13-10-22;/h16H,6-15H2,1-5H3,(H2,19,20,21);1H. The van der Waals surface area contributed by atoms with E-state index in [4.69, 9.17) is 14.5 Å². The van der Waals surface area contributed by atoms with E-state index in [1.165, 1.54) is 0 Å². The van der Waals surface area contributed by atoms with Crippen LogP contribution in [0.5, 0.6) is 0 Å². The largest absolute Gasteiger partial charge is 0.381 e. The van der Waals surface area contributed by atoms with Crippen LogP contribution in [0.3, 0.4) is 0 Å². The van der Waals surface area contributed by atoms with Crippen LogP contribution in [0.15, 0.2) is 4.99 Å². The molecule has 1 aliphatic heterocycles. The Labute approximate surface area is 171 Å². The van der Waals surface area contributed by atoms with E-state index < -0.39 is 0 Å². The zero-order valence-corrected chi connectivity index (χ0v) is 19.1. The van der Waals surface area contributed by atoms with Crippen LogP contribution in [0, 0.1) is 5.92 Å². The SMILES string of the molecule is CCNC(=NCC(C)(C)N1CCOCC1)NCCCOCC(C)C.I. The normalized spacial score (nSPS) is 16.6. The summed E-state index contributed by atoms with van der Waals surface area (Å²) in [6.45, 7) is 18.7. The van der Waals surface area contributed by atoms with Crippen LogP contribution in [-0.4, -0.2) is 75.5 Å². The Morgan fingerprint density at radius 3 is 2.52 bits per heavy atom. The number of ether oxygens (including phenoxy) is 2. The van der Waals surface area contributed by atoms with E-state index in [0.29, 0.717) is 5.92 Å². The highest BCUT2D eigenvalue weighted by Gasteiger charge is 2.27. The predicted molar refractivity (Wildman–Crippen MR) is 116 cm³/mol. The molecule has 0 radical (unpaired) electrons. The van der Waals surface area contributed by atoms with Gasteiger partial charge in [0.2, 0.25) is 0 Å². The lowest BCUT2D eigenvalue weighted by Crippen LogP contribution is -2.52. The van der Waals surface area contributed by atoms with Crippen LogP contribution in [0.25, 0.3) is 0 Å². The summed E-state index contributed by atoms with van der Waals surface area (Å²) in [5.41, 5.74) is 0.0481. The van der Waals surface area contributed by atoms with Gasteiger partial charge in [0.05, 0.1) is 19.8 Å². The van der Waals surface area contributed by atoms with Crippen molar-refractivity contribution in [2.45, 2.75) is 46.6 Å². The van der Waals surface area contributed by atoms with Crippen molar-refractivity contribution in [3.05, 3.63) is 0 Å².